The third-order valence-corrected chi connectivity index (χ3v) is 5.64. The predicted molar refractivity (Wildman–Crippen MR) is 111 cm³/mol. The Bertz CT molecular complexity index is 591. The summed E-state index contributed by atoms with van der Waals surface area (Å²) in [4.78, 5) is 26.0. The summed E-state index contributed by atoms with van der Waals surface area (Å²) in [6.45, 7) is 9.14. The van der Waals surface area contributed by atoms with Crippen LogP contribution in [0.3, 0.4) is 0 Å². The zero-order chi connectivity index (χ0) is 19.6. The second-order valence-corrected chi connectivity index (χ2v) is 8.14. The van der Waals surface area contributed by atoms with Gasteiger partial charge in [-0.1, -0.05) is 43.2 Å². The Kier molecular flexibility index (Phi) is 8.99. The molecular formula is C23H36N2O2. The van der Waals surface area contributed by atoms with E-state index >= 15 is 0 Å². The smallest absolute Gasteiger partial charge is 0.220 e. The van der Waals surface area contributed by atoms with Crippen LogP contribution in [0.5, 0.6) is 0 Å². The van der Waals surface area contributed by atoms with Gasteiger partial charge < -0.3 is 15.0 Å². The number of hydrogen-bond donors (Lipinski definition) is 1. The molecule has 4 nitrogen and oxygen atoms in total. The van der Waals surface area contributed by atoms with Crippen LogP contribution in [0.25, 0.3) is 0 Å². The third-order valence-electron chi connectivity index (χ3n) is 5.64. The van der Waals surface area contributed by atoms with E-state index in [4.69, 9.17) is 0 Å². The van der Waals surface area contributed by atoms with Crippen molar-refractivity contribution in [3.05, 3.63) is 35.4 Å². The molecule has 0 radical (unpaired) electrons. The van der Waals surface area contributed by atoms with Crippen molar-refractivity contribution in [1.29, 1.82) is 0 Å². The van der Waals surface area contributed by atoms with Crippen molar-refractivity contribution in [2.24, 2.45) is 0 Å². The van der Waals surface area contributed by atoms with Gasteiger partial charge >= 0.3 is 0 Å². The van der Waals surface area contributed by atoms with Crippen LogP contribution in [0, 0.1) is 6.92 Å². The number of carbonyl (C=O) groups is 2. The first-order chi connectivity index (χ1) is 13.0. The Morgan fingerprint density at radius 1 is 1.04 bits per heavy atom. The number of nitrogens with one attached hydrogen (secondary N) is 1. The molecule has 0 bridgehead atoms. The van der Waals surface area contributed by atoms with E-state index in [0.717, 1.165) is 38.9 Å². The average Bonchev–Trinajstić information content (AvgIpc) is 3.14. The van der Waals surface area contributed by atoms with Gasteiger partial charge in [0.25, 0.3) is 0 Å². The Balaban J connectivity index is 1.89. The Morgan fingerprint density at radius 3 is 2.30 bits per heavy atom. The largest absolute Gasteiger partial charge is 0.351 e. The van der Waals surface area contributed by atoms with Crippen LogP contribution in [0.2, 0.25) is 0 Å². The molecule has 1 fully saturated rings. The van der Waals surface area contributed by atoms with Crippen LogP contribution >= 0.6 is 0 Å². The molecule has 1 amide bonds. The van der Waals surface area contributed by atoms with Gasteiger partial charge in [0.15, 0.2) is 0 Å². The van der Waals surface area contributed by atoms with E-state index in [1.54, 1.807) is 6.92 Å². The van der Waals surface area contributed by atoms with Crippen LogP contribution in [-0.4, -0.2) is 42.3 Å². The number of rotatable bonds is 11. The van der Waals surface area contributed by atoms with Crippen LogP contribution in [0.4, 0.5) is 0 Å². The van der Waals surface area contributed by atoms with Crippen LogP contribution in [0.1, 0.15) is 75.8 Å². The minimum Gasteiger partial charge on any atom is -0.351 e. The lowest BCUT2D eigenvalue weighted by molar-refractivity contribution is -0.122. The van der Waals surface area contributed by atoms with Gasteiger partial charge in [0.05, 0.1) is 0 Å². The van der Waals surface area contributed by atoms with Gasteiger partial charge in [-0.05, 0) is 58.2 Å². The highest BCUT2D eigenvalue weighted by Gasteiger charge is 2.25. The quantitative estimate of drug-likeness (QED) is 0.592. The molecular weight excluding hydrogens is 336 g/mol. The molecule has 0 aliphatic carbocycles. The fourth-order valence-corrected chi connectivity index (χ4v) is 3.79. The highest BCUT2D eigenvalue weighted by Crippen LogP contribution is 2.22. The molecule has 0 spiro atoms. The molecule has 1 aromatic carbocycles. The molecule has 1 saturated heterocycles. The Morgan fingerprint density at radius 2 is 1.67 bits per heavy atom. The minimum absolute atomic E-state index is 0.135. The van der Waals surface area contributed by atoms with E-state index in [0.29, 0.717) is 12.8 Å². The number of carbonyl (C=O) groups excluding carboxylic acids is 2. The third kappa shape index (κ3) is 7.84. The maximum absolute atomic E-state index is 12.5. The van der Waals surface area contributed by atoms with Crippen LogP contribution in [0.15, 0.2) is 24.3 Å². The van der Waals surface area contributed by atoms with Gasteiger partial charge in [-0.2, -0.15) is 0 Å². The van der Waals surface area contributed by atoms with Gasteiger partial charge in [0.1, 0.15) is 5.78 Å². The zero-order valence-electron chi connectivity index (χ0n) is 17.3. The number of hydrogen-bond acceptors (Lipinski definition) is 3. The van der Waals surface area contributed by atoms with Gasteiger partial charge in [0.2, 0.25) is 5.91 Å². The predicted octanol–water partition coefficient (Wildman–Crippen LogP) is 4.22. The van der Waals surface area contributed by atoms with Crippen molar-refractivity contribution < 1.29 is 9.59 Å². The summed E-state index contributed by atoms with van der Waals surface area (Å²) in [5.41, 5.74) is 2.54. The molecule has 1 aliphatic heterocycles. The number of nitrogens with zero attached hydrogens (tertiary/aromatic N) is 1. The fraction of sp³-hybridized carbons (Fsp3) is 0.652. The number of amides is 1. The summed E-state index contributed by atoms with van der Waals surface area (Å²) in [5, 5.41) is 3.31. The van der Waals surface area contributed by atoms with Crippen molar-refractivity contribution in [2.75, 3.05) is 19.6 Å². The Hall–Kier alpha value is -1.68. The first kappa shape index (κ1) is 21.6. The molecule has 2 rings (SSSR count). The van der Waals surface area contributed by atoms with Gasteiger partial charge in [-0.15, -0.1) is 0 Å². The van der Waals surface area contributed by atoms with Crippen LogP contribution < -0.4 is 5.32 Å². The molecule has 2 unspecified atom stereocenters. The molecule has 1 aliphatic rings. The molecule has 1 aromatic rings. The molecule has 0 saturated carbocycles. The molecule has 1 heterocycles. The van der Waals surface area contributed by atoms with Crippen molar-refractivity contribution >= 4 is 11.7 Å². The molecule has 4 heteroatoms. The summed E-state index contributed by atoms with van der Waals surface area (Å²) in [6, 6.07) is 8.80. The van der Waals surface area contributed by atoms with E-state index in [1.165, 1.54) is 24.0 Å². The van der Waals surface area contributed by atoms with Crippen molar-refractivity contribution in [1.82, 2.24) is 10.2 Å². The lowest BCUT2D eigenvalue weighted by atomic mass is 9.92. The van der Waals surface area contributed by atoms with Crippen LogP contribution in [-0.2, 0) is 9.59 Å². The number of benzene rings is 1. The number of unbranched alkanes of at least 4 members (excludes halogenated alkanes) is 2. The van der Waals surface area contributed by atoms with Gasteiger partial charge in [0, 0.05) is 31.3 Å². The highest BCUT2D eigenvalue weighted by atomic mass is 16.1. The van der Waals surface area contributed by atoms with Crippen molar-refractivity contribution in [3.63, 3.8) is 0 Å². The monoisotopic (exact) mass is 372 g/mol. The zero-order valence-corrected chi connectivity index (χ0v) is 17.3. The molecule has 2 atom stereocenters. The maximum Gasteiger partial charge on any atom is 0.220 e. The van der Waals surface area contributed by atoms with E-state index in [9.17, 15) is 9.59 Å². The fourth-order valence-electron chi connectivity index (χ4n) is 3.79. The number of likely N-dealkylation sites (tertiary alicyclic amines) is 1. The highest BCUT2D eigenvalue weighted by molar-refractivity contribution is 5.76. The lowest BCUT2D eigenvalue weighted by Crippen LogP contribution is -2.46. The van der Waals surface area contributed by atoms with Gasteiger partial charge in [-0.3, -0.25) is 4.79 Å². The van der Waals surface area contributed by atoms with E-state index in [1.807, 2.05) is 0 Å². The number of ketones is 1. The van der Waals surface area contributed by atoms with E-state index in [-0.39, 0.29) is 23.7 Å². The summed E-state index contributed by atoms with van der Waals surface area (Å²) in [6.07, 6.45) is 6.38. The number of Topliss-reactive ketones (excluding diaryl/α,β-unsaturated/α-hetero) is 1. The summed E-state index contributed by atoms with van der Waals surface area (Å²) < 4.78 is 0. The van der Waals surface area contributed by atoms with Gasteiger partial charge in [-0.25, -0.2) is 0 Å². The summed E-state index contributed by atoms with van der Waals surface area (Å²) in [7, 11) is 0. The first-order valence-electron chi connectivity index (χ1n) is 10.5. The van der Waals surface area contributed by atoms with E-state index < -0.39 is 0 Å². The van der Waals surface area contributed by atoms with E-state index in [2.05, 4.69) is 48.3 Å². The second kappa shape index (κ2) is 11.2. The minimum atomic E-state index is 0.135. The molecule has 27 heavy (non-hydrogen) atoms. The Labute approximate surface area is 164 Å². The topological polar surface area (TPSA) is 49.4 Å². The number of aryl methyl sites for hydroxylation is 1. The molecule has 1 N–H and O–H groups in total. The second-order valence-electron chi connectivity index (χ2n) is 8.14. The molecule has 150 valence electrons. The SMILES string of the molecule is CC(=O)CCCCCC(=O)NC(CN1CCCC1)C(C)c1ccc(C)cc1. The normalized spacial score (nSPS) is 16.9. The maximum atomic E-state index is 12.5. The van der Waals surface area contributed by atoms with Crippen molar-refractivity contribution in [2.45, 2.75) is 77.7 Å². The average molecular weight is 373 g/mol. The summed E-state index contributed by atoms with van der Waals surface area (Å²) in [5.74, 6) is 0.658. The standard InChI is InChI=1S/C23H36N2O2/c1-18-11-13-21(14-12-18)20(3)22(17-25-15-7-8-16-25)24-23(27)10-6-4-5-9-19(2)26/h11-14,20,22H,4-10,15-17H2,1-3H3,(H,24,27). The summed E-state index contributed by atoms with van der Waals surface area (Å²) >= 11 is 0. The van der Waals surface area contributed by atoms with Crippen molar-refractivity contribution in [3.8, 4) is 0 Å². The molecule has 0 aromatic heterocycles. The lowest BCUT2D eigenvalue weighted by Gasteiger charge is -2.30. The first-order valence-corrected chi connectivity index (χ1v) is 10.5.